The van der Waals surface area contributed by atoms with Gasteiger partial charge in [-0.25, -0.2) is 0 Å². The van der Waals surface area contributed by atoms with E-state index in [4.69, 9.17) is 0 Å². The molecule has 3 aromatic carbocycles. The standard InChI is InChI=1S/C24H24N2O4S/c1-25-24(27)21-11-5-6-12-23(21)31(30)22(13-7-10-18-8-3-2-4-9-18)19-14-16-20(17-15-19)26(28)29/h2-6,8-9,11-12,14-17,22H,7,10,13H2,1H3,(H,25,27)/t22-,31?/m1/s1. The number of hydrogen-bond donors (Lipinski definition) is 1. The van der Waals surface area contributed by atoms with E-state index in [0.29, 0.717) is 16.9 Å². The van der Waals surface area contributed by atoms with Crippen LogP contribution in [0.15, 0.2) is 83.8 Å². The molecular formula is C24H24N2O4S. The molecule has 1 N–H and O–H groups in total. The molecule has 160 valence electrons. The molecule has 3 rings (SSSR count). The van der Waals surface area contributed by atoms with Crippen LogP contribution in [-0.4, -0.2) is 22.1 Å². The molecule has 0 saturated carbocycles. The molecule has 7 heteroatoms. The predicted molar refractivity (Wildman–Crippen MR) is 121 cm³/mol. The van der Waals surface area contributed by atoms with E-state index < -0.39 is 21.0 Å². The van der Waals surface area contributed by atoms with Crippen LogP contribution in [0.4, 0.5) is 5.69 Å². The number of nitro groups is 1. The molecular weight excluding hydrogens is 412 g/mol. The number of nitrogens with one attached hydrogen (secondary N) is 1. The number of carbonyl (C=O) groups is 1. The molecule has 31 heavy (non-hydrogen) atoms. The molecule has 0 aliphatic rings. The molecule has 0 radical (unpaired) electrons. The molecule has 3 aromatic rings. The maximum absolute atomic E-state index is 13.6. The van der Waals surface area contributed by atoms with Gasteiger partial charge in [-0.05, 0) is 42.5 Å². The minimum atomic E-state index is -1.51. The van der Waals surface area contributed by atoms with Crippen molar-refractivity contribution in [1.29, 1.82) is 0 Å². The van der Waals surface area contributed by atoms with E-state index in [1.165, 1.54) is 24.7 Å². The number of carbonyl (C=O) groups excluding carboxylic acids is 1. The van der Waals surface area contributed by atoms with Crippen molar-refractivity contribution < 1.29 is 13.9 Å². The Morgan fingerprint density at radius 3 is 2.29 bits per heavy atom. The molecule has 2 atom stereocenters. The van der Waals surface area contributed by atoms with Crippen molar-refractivity contribution in [3.05, 3.63) is 106 Å². The number of nitro benzene ring substituents is 1. The van der Waals surface area contributed by atoms with Crippen molar-refractivity contribution in [2.24, 2.45) is 0 Å². The molecule has 1 unspecified atom stereocenters. The fourth-order valence-electron chi connectivity index (χ4n) is 3.46. The van der Waals surface area contributed by atoms with Crippen molar-refractivity contribution in [3.63, 3.8) is 0 Å². The Hall–Kier alpha value is -3.32. The van der Waals surface area contributed by atoms with Crippen molar-refractivity contribution in [2.75, 3.05) is 7.05 Å². The third kappa shape index (κ3) is 5.64. The van der Waals surface area contributed by atoms with Crippen LogP contribution < -0.4 is 5.32 Å². The number of amides is 1. The van der Waals surface area contributed by atoms with Crippen LogP contribution in [0, 0.1) is 10.1 Å². The fourth-order valence-corrected chi connectivity index (χ4v) is 5.14. The van der Waals surface area contributed by atoms with E-state index in [1.807, 2.05) is 18.2 Å². The van der Waals surface area contributed by atoms with Crippen LogP contribution >= 0.6 is 0 Å². The summed E-state index contributed by atoms with van der Waals surface area (Å²) in [4.78, 5) is 23.3. The summed E-state index contributed by atoms with van der Waals surface area (Å²) in [6.07, 6.45) is 2.24. The topological polar surface area (TPSA) is 89.3 Å². The third-order valence-electron chi connectivity index (χ3n) is 5.08. The van der Waals surface area contributed by atoms with Gasteiger partial charge in [-0.1, -0.05) is 54.6 Å². The van der Waals surface area contributed by atoms with Gasteiger partial charge in [-0.15, -0.1) is 0 Å². The highest BCUT2D eigenvalue weighted by Gasteiger charge is 2.25. The lowest BCUT2D eigenvalue weighted by atomic mass is 10.0. The molecule has 0 saturated heterocycles. The Labute approximate surface area is 183 Å². The van der Waals surface area contributed by atoms with Gasteiger partial charge in [0.2, 0.25) is 0 Å². The summed E-state index contributed by atoms with van der Waals surface area (Å²) in [6.45, 7) is 0. The Balaban J connectivity index is 1.90. The van der Waals surface area contributed by atoms with Gasteiger partial charge in [0.05, 0.1) is 31.4 Å². The van der Waals surface area contributed by atoms with Gasteiger partial charge in [0.15, 0.2) is 0 Å². The maximum atomic E-state index is 13.6. The van der Waals surface area contributed by atoms with Crippen LogP contribution in [0.2, 0.25) is 0 Å². The van der Waals surface area contributed by atoms with Crippen LogP contribution in [0.3, 0.4) is 0 Å². The summed E-state index contributed by atoms with van der Waals surface area (Å²) in [5.74, 6) is -0.296. The van der Waals surface area contributed by atoms with Gasteiger partial charge in [0.1, 0.15) is 0 Å². The van der Waals surface area contributed by atoms with Crippen molar-refractivity contribution in [1.82, 2.24) is 5.32 Å². The summed E-state index contributed by atoms with van der Waals surface area (Å²) in [6, 6.07) is 23.1. The van der Waals surface area contributed by atoms with E-state index in [9.17, 15) is 19.1 Å². The van der Waals surface area contributed by atoms with Gasteiger partial charge >= 0.3 is 0 Å². The molecule has 0 spiro atoms. The summed E-state index contributed by atoms with van der Waals surface area (Å²) < 4.78 is 13.6. The van der Waals surface area contributed by atoms with E-state index in [0.717, 1.165) is 18.4 Å². The monoisotopic (exact) mass is 436 g/mol. The zero-order chi connectivity index (χ0) is 22.2. The highest BCUT2D eigenvalue weighted by molar-refractivity contribution is 7.85. The van der Waals surface area contributed by atoms with Gasteiger partial charge in [0.25, 0.3) is 11.6 Å². The average Bonchev–Trinajstić information content (AvgIpc) is 2.81. The Morgan fingerprint density at radius 1 is 1.00 bits per heavy atom. The first-order valence-electron chi connectivity index (χ1n) is 10.0. The molecule has 0 aromatic heterocycles. The molecule has 0 heterocycles. The second-order valence-electron chi connectivity index (χ2n) is 7.09. The van der Waals surface area contributed by atoms with Gasteiger partial charge in [-0.3, -0.25) is 19.1 Å². The van der Waals surface area contributed by atoms with Crippen molar-refractivity contribution in [2.45, 2.75) is 29.4 Å². The summed E-state index contributed by atoms with van der Waals surface area (Å²) >= 11 is 0. The lowest BCUT2D eigenvalue weighted by molar-refractivity contribution is -0.384. The summed E-state index contributed by atoms with van der Waals surface area (Å²) in [7, 11) is 0.0256. The number of hydrogen-bond acceptors (Lipinski definition) is 4. The number of nitrogens with zero attached hydrogens (tertiary/aromatic N) is 1. The Kier molecular flexibility index (Phi) is 7.67. The van der Waals surface area contributed by atoms with Crippen LogP contribution in [-0.2, 0) is 17.2 Å². The largest absolute Gasteiger partial charge is 0.355 e. The van der Waals surface area contributed by atoms with E-state index in [1.54, 1.807) is 36.4 Å². The number of non-ortho nitro benzene ring substituents is 1. The number of rotatable bonds is 9. The summed E-state index contributed by atoms with van der Waals surface area (Å²) in [5.41, 5.74) is 2.31. The second-order valence-corrected chi connectivity index (χ2v) is 8.69. The zero-order valence-electron chi connectivity index (χ0n) is 17.2. The first-order valence-corrected chi connectivity index (χ1v) is 11.2. The molecule has 0 aliphatic heterocycles. The molecule has 6 nitrogen and oxygen atoms in total. The quantitative estimate of drug-likeness (QED) is 0.384. The maximum Gasteiger partial charge on any atom is 0.269 e. The van der Waals surface area contributed by atoms with E-state index in [2.05, 4.69) is 17.4 Å². The number of aryl methyl sites for hydroxylation is 1. The normalized spacial score (nSPS) is 12.7. The Morgan fingerprint density at radius 2 is 1.65 bits per heavy atom. The fraction of sp³-hybridized carbons (Fsp3) is 0.208. The minimum absolute atomic E-state index is 0.0108. The molecule has 0 aliphatic carbocycles. The third-order valence-corrected chi connectivity index (χ3v) is 6.90. The van der Waals surface area contributed by atoms with Gasteiger partial charge < -0.3 is 5.32 Å². The van der Waals surface area contributed by atoms with Gasteiger partial charge in [-0.2, -0.15) is 0 Å². The van der Waals surface area contributed by atoms with Crippen molar-refractivity contribution in [3.8, 4) is 0 Å². The second kappa shape index (κ2) is 10.6. The van der Waals surface area contributed by atoms with Crippen LogP contribution in [0.5, 0.6) is 0 Å². The zero-order valence-corrected chi connectivity index (χ0v) is 18.0. The first-order chi connectivity index (χ1) is 15.0. The highest BCUT2D eigenvalue weighted by Crippen LogP contribution is 2.32. The molecule has 0 bridgehead atoms. The van der Waals surface area contributed by atoms with Crippen molar-refractivity contribution >= 4 is 22.4 Å². The predicted octanol–water partition coefficient (Wildman–Crippen LogP) is 4.83. The Bertz CT molecular complexity index is 1070. The lowest BCUT2D eigenvalue weighted by Crippen LogP contribution is -2.21. The first kappa shape index (κ1) is 22.4. The van der Waals surface area contributed by atoms with Gasteiger partial charge in [0, 0.05) is 19.2 Å². The summed E-state index contributed by atoms with van der Waals surface area (Å²) in [5, 5.41) is 13.2. The van der Waals surface area contributed by atoms with Crippen LogP contribution in [0.1, 0.15) is 39.6 Å². The van der Waals surface area contributed by atoms with E-state index >= 15 is 0 Å². The van der Waals surface area contributed by atoms with Crippen LogP contribution in [0.25, 0.3) is 0 Å². The molecule has 1 amide bonds. The SMILES string of the molecule is CNC(=O)c1ccccc1S(=O)[C@H](CCCc1ccccc1)c1ccc([N+](=O)[O-])cc1. The molecule has 0 fully saturated rings. The number of benzene rings is 3. The lowest BCUT2D eigenvalue weighted by Gasteiger charge is -2.19. The van der Waals surface area contributed by atoms with E-state index in [-0.39, 0.29) is 11.6 Å². The highest BCUT2D eigenvalue weighted by atomic mass is 32.2. The smallest absolute Gasteiger partial charge is 0.269 e. The average molecular weight is 437 g/mol. The minimum Gasteiger partial charge on any atom is -0.355 e.